The number of anilines is 1. The van der Waals surface area contributed by atoms with Crippen molar-refractivity contribution in [2.75, 3.05) is 4.90 Å². The molecule has 1 saturated heterocycles. The zero-order valence-electron chi connectivity index (χ0n) is 16.0. The number of carbonyl (C=O) groups excluding carboxylic acids is 2. The Kier molecular flexibility index (Phi) is 5.14. The molecular formula is C24H17ClFNO3. The predicted molar refractivity (Wildman–Crippen MR) is 114 cm³/mol. The SMILES string of the molecule is Cc1cccc(C2/C(=C(\O)c3cccc(Cl)c3)C(=O)C(=O)N2c2cccc(F)c2)c1. The van der Waals surface area contributed by atoms with Crippen molar-refractivity contribution in [2.24, 2.45) is 0 Å². The summed E-state index contributed by atoms with van der Waals surface area (Å²) in [6.07, 6.45) is 0. The van der Waals surface area contributed by atoms with Crippen LogP contribution in [0.25, 0.3) is 5.76 Å². The van der Waals surface area contributed by atoms with E-state index in [9.17, 15) is 19.1 Å². The first kappa shape index (κ1) is 19.9. The number of halogens is 2. The summed E-state index contributed by atoms with van der Waals surface area (Å²) in [6.45, 7) is 1.88. The maximum absolute atomic E-state index is 13.9. The number of amides is 1. The monoisotopic (exact) mass is 421 g/mol. The number of ketones is 1. The molecule has 1 aliphatic rings. The fourth-order valence-corrected chi connectivity index (χ4v) is 3.86. The molecule has 1 aliphatic heterocycles. The minimum absolute atomic E-state index is 0.0721. The lowest BCUT2D eigenvalue weighted by Gasteiger charge is -2.25. The van der Waals surface area contributed by atoms with E-state index >= 15 is 0 Å². The highest BCUT2D eigenvalue weighted by Gasteiger charge is 2.47. The molecule has 1 atom stereocenters. The van der Waals surface area contributed by atoms with Crippen molar-refractivity contribution in [2.45, 2.75) is 13.0 Å². The van der Waals surface area contributed by atoms with Crippen LogP contribution in [0, 0.1) is 12.7 Å². The van der Waals surface area contributed by atoms with E-state index in [1.807, 2.05) is 19.1 Å². The van der Waals surface area contributed by atoms with Gasteiger partial charge >= 0.3 is 0 Å². The normalized spacial score (nSPS) is 18.1. The van der Waals surface area contributed by atoms with Crippen molar-refractivity contribution >= 4 is 34.7 Å². The van der Waals surface area contributed by atoms with E-state index in [4.69, 9.17) is 11.6 Å². The summed E-state index contributed by atoms with van der Waals surface area (Å²) in [5, 5.41) is 11.4. The van der Waals surface area contributed by atoms with Gasteiger partial charge < -0.3 is 5.11 Å². The van der Waals surface area contributed by atoms with Gasteiger partial charge in [0.05, 0.1) is 11.6 Å². The number of aryl methyl sites for hydroxylation is 1. The largest absolute Gasteiger partial charge is 0.507 e. The molecule has 3 aromatic rings. The third kappa shape index (κ3) is 3.48. The summed E-state index contributed by atoms with van der Waals surface area (Å²) in [5.74, 6) is -2.55. The summed E-state index contributed by atoms with van der Waals surface area (Å²) in [6, 6.07) is 18.2. The molecule has 1 unspecified atom stereocenters. The molecule has 0 saturated carbocycles. The summed E-state index contributed by atoms with van der Waals surface area (Å²) in [5.41, 5.74) is 2.02. The molecule has 30 heavy (non-hydrogen) atoms. The highest BCUT2D eigenvalue weighted by molar-refractivity contribution is 6.51. The second-order valence-electron chi connectivity index (χ2n) is 7.07. The third-order valence-electron chi connectivity index (χ3n) is 4.99. The molecule has 0 aliphatic carbocycles. The van der Waals surface area contributed by atoms with Gasteiger partial charge in [-0.15, -0.1) is 0 Å². The molecule has 1 amide bonds. The van der Waals surface area contributed by atoms with Crippen LogP contribution >= 0.6 is 11.6 Å². The molecule has 1 fully saturated rings. The first-order valence-electron chi connectivity index (χ1n) is 9.26. The fraction of sp³-hybridized carbons (Fsp3) is 0.0833. The summed E-state index contributed by atoms with van der Waals surface area (Å²) in [4.78, 5) is 27.2. The predicted octanol–water partition coefficient (Wildman–Crippen LogP) is 5.41. The minimum Gasteiger partial charge on any atom is -0.507 e. The Balaban J connectivity index is 1.98. The maximum Gasteiger partial charge on any atom is 0.300 e. The molecular weight excluding hydrogens is 405 g/mol. The molecule has 1 N–H and O–H groups in total. The summed E-state index contributed by atoms with van der Waals surface area (Å²) < 4.78 is 13.9. The van der Waals surface area contributed by atoms with E-state index in [0.29, 0.717) is 16.1 Å². The van der Waals surface area contributed by atoms with Gasteiger partial charge in [0.15, 0.2) is 0 Å². The van der Waals surface area contributed by atoms with Crippen LogP contribution in [0.1, 0.15) is 22.7 Å². The number of hydrogen-bond acceptors (Lipinski definition) is 3. The Labute approximate surface area is 177 Å². The van der Waals surface area contributed by atoms with Gasteiger partial charge in [0.1, 0.15) is 11.6 Å². The smallest absolute Gasteiger partial charge is 0.300 e. The Morgan fingerprint density at radius 1 is 1.00 bits per heavy atom. The van der Waals surface area contributed by atoms with Gasteiger partial charge in [0, 0.05) is 16.3 Å². The number of benzene rings is 3. The zero-order chi connectivity index (χ0) is 21.4. The first-order chi connectivity index (χ1) is 14.4. The number of nitrogens with zero attached hydrogens (tertiary/aromatic N) is 1. The van der Waals surface area contributed by atoms with Gasteiger partial charge in [-0.2, -0.15) is 0 Å². The van der Waals surface area contributed by atoms with Gasteiger partial charge in [-0.1, -0.05) is 59.6 Å². The molecule has 6 heteroatoms. The van der Waals surface area contributed by atoms with E-state index in [1.165, 1.54) is 29.2 Å². The number of carbonyl (C=O) groups is 2. The fourth-order valence-electron chi connectivity index (χ4n) is 3.67. The van der Waals surface area contributed by atoms with Gasteiger partial charge in [-0.05, 0) is 42.8 Å². The molecule has 0 spiro atoms. The molecule has 0 aromatic heterocycles. The Bertz CT molecular complexity index is 1200. The molecule has 150 valence electrons. The zero-order valence-corrected chi connectivity index (χ0v) is 16.7. The van der Waals surface area contributed by atoms with Gasteiger partial charge in [-0.3, -0.25) is 14.5 Å². The number of aliphatic hydroxyl groups excluding tert-OH is 1. The van der Waals surface area contributed by atoms with E-state index < -0.39 is 23.5 Å². The lowest BCUT2D eigenvalue weighted by Crippen LogP contribution is -2.29. The Morgan fingerprint density at radius 2 is 1.73 bits per heavy atom. The second kappa shape index (κ2) is 7.76. The van der Waals surface area contributed by atoms with Crippen molar-refractivity contribution in [1.29, 1.82) is 0 Å². The number of aliphatic hydroxyl groups is 1. The first-order valence-corrected chi connectivity index (χ1v) is 9.63. The van der Waals surface area contributed by atoms with Crippen molar-refractivity contribution in [1.82, 2.24) is 0 Å². The highest BCUT2D eigenvalue weighted by atomic mass is 35.5. The minimum atomic E-state index is -0.911. The van der Waals surface area contributed by atoms with Crippen molar-refractivity contribution < 1.29 is 19.1 Å². The van der Waals surface area contributed by atoms with Crippen molar-refractivity contribution in [3.05, 3.63) is 106 Å². The van der Waals surface area contributed by atoms with Crippen LogP contribution in [0.3, 0.4) is 0 Å². The average molecular weight is 422 g/mol. The van der Waals surface area contributed by atoms with E-state index in [0.717, 1.165) is 5.56 Å². The topological polar surface area (TPSA) is 57.6 Å². The standard InChI is InChI=1S/C24H17ClFNO3/c1-14-5-2-6-15(11-14)21-20(22(28)16-7-3-8-17(25)12-16)23(29)24(30)27(21)19-10-4-9-18(26)13-19/h2-13,21,28H,1H3/b22-20+. The third-order valence-corrected chi connectivity index (χ3v) is 5.22. The molecule has 0 radical (unpaired) electrons. The maximum atomic E-state index is 13.9. The molecule has 0 bridgehead atoms. The number of rotatable bonds is 3. The van der Waals surface area contributed by atoms with Crippen LogP contribution in [-0.2, 0) is 9.59 Å². The quantitative estimate of drug-likeness (QED) is 0.349. The molecule has 4 nitrogen and oxygen atoms in total. The molecule has 3 aromatic carbocycles. The van der Waals surface area contributed by atoms with E-state index in [2.05, 4.69) is 0 Å². The highest BCUT2D eigenvalue weighted by Crippen LogP contribution is 2.42. The van der Waals surface area contributed by atoms with E-state index in [1.54, 1.807) is 36.4 Å². The van der Waals surface area contributed by atoms with Crippen LogP contribution in [0.4, 0.5) is 10.1 Å². The van der Waals surface area contributed by atoms with Crippen LogP contribution < -0.4 is 4.90 Å². The van der Waals surface area contributed by atoms with E-state index in [-0.39, 0.29) is 17.0 Å². The molecule has 1 heterocycles. The van der Waals surface area contributed by atoms with Crippen molar-refractivity contribution in [3.8, 4) is 0 Å². The molecule has 4 rings (SSSR count). The van der Waals surface area contributed by atoms with Gasteiger partial charge in [0.2, 0.25) is 0 Å². The summed E-state index contributed by atoms with van der Waals surface area (Å²) >= 11 is 6.04. The lowest BCUT2D eigenvalue weighted by atomic mass is 9.94. The number of Topliss-reactive ketones (excluding diaryl/α,β-unsaturated/α-hetero) is 1. The summed E-state index contributed by atoms with van der Waals surface area (Å²) in [7, 11) is 0. The van der Waals surface area contributed by atoms with Crippen LogP contribution in [-0.4, -0.2) is 16.8 Å². The Morgan fingerprint density at radius 3 is 2.43 bits per heavy atom. The van der Waals surface area contributed by atoms with Crippen LogP contribution in [0.2, 0.25) is 5.02 Å². The van der Waals surface area contributed by atoms with Crippen LogP contribution in [0.5, 0.6) is 0 Å². The Hall–Kier alpha value is -3.44. The average Bonchev–Trinajstić information content (AvgIpc) is 2.98. The van der Waals surface area contributed by atoms with Crippen molar-refractivity contribution in [3.63, 3.8) is 0 Å². The van der Waals surface area contributed by atoms with Gasteiger partial charge in [-0.25, -0.2) is 4.39 Å². The lowest BCUT2D eigenvalue weighted by molar-refractivity contribution is -0.132. The second-order valence-corrected chi connectivity index (χ2v) is 7.51. The van der Waals surface area contributed by atoms with Crippen LogP contribution in [0.15, 0.2) is 78.4 Å². The van der Waals surface area contributed by atoms with Gasteiger partial charge in [0.25, 0.3) is 11.7 Å². The number of hydrogen-bond donors (Lipinski definition) is 1.